The van der Waals surface area contributed by atoms with Crippen LogP contribution < -0.4 is 5.32 Å². The van der Waals surface area contributed by atoms with Gasteiger partial charge in [0.1, 0.15) is 0 Å². The van der Waals surface area contributed by atoms with E-state index in [4.69, 9.17) is 5.26 Å². The van der Waals surface area contributed by atoms with E-state index in [0.717, 1.165) is 0 Å². The van der Waals surface area contributed by atoms with Crippen LogP contribution in [0.2, 0.25) is 0 Å². The summed E-state index contributed by atoms with van der Waals surface area (Å²) in [4.78, 5) is 0. The Hall–Kier alpha value is -0.550. The van der Waals surface area contributed by atoms with Crippen molar-refractivity contribution in [1.82, 2.24) is 5.32 Å². The third kappa shape index (κ3) is 1.69. The summed E-state index contributed by atoms with van der Waals surface area (Å²) in [6, 6.07) is 2.16. The Labute approximate surface area is 55.9 Å². The first-order valence-electron chi connectivity index (χ1n) is 3.34. The molecule has 0 spiro atoms. The first-order valence-corrected chi connectivity index (χ1v) is 3.34. The molecule has 0 aromatic rings. The predicted molar refractivity (Wildman–Crippen MR) is 35.8 cm³/mol. The van der Waals surface area contributed by atoms with E-state index in [0.29, 0.717) is 5.54 Å². The number of nitrogens with zero attached hydrogens (tertiary/aromatic N) is 1. The molecule has 0 bridgehead atoms. The lowest BCUT2D eigenvalue weighted by Crippen LogP contribution is -2.34. The van der Waals surface area contributed by atoms with Gasteiger partial charge in [-0.3, -0.25) is 5.32 Å². The van der Waals surface area contributed by atoms with Gasteiger partial charge in [-0.2, -0.15) is 5.26 Å². The van der Waals surface area contributed by atoms with Gasteiger partial charge in [-0.1, -0.05) is 0 Å². The minimum absolute atomic E-state index is 0.0116. The second-order valence-corrected chi connectivity index (χ2v) is 3.06. The summed E-state index contributed by atoms with van der Waals surface area (Å²) < 4.78 is 0. The van der Waals surface area contributed by atoms with Gasteiger partial charge in [0.15, 0.2) is 0 Å². The number of nitriles is 1. The number of hydrogen-bond acceptors (Lipinski definition) is 2. The second kappa shape index (κ2) is 2.00. The number of nitrogens with one attached hydrogen (secondary N) is 1. The van der Waals surface area contributed by atoms with E-state index < -0.39 is 0 Å². The molecule has 1 saturated carbocycles. The first-order chi connectivity index (χ1) is 4.16. The lowest BCUT2D eigenvalue weighted by molar-refractivity contribution is 0.510. The molecule has 0 heterocycles. The fraction of sp³-hybridized carbons (Fsp3) is 0.857. The van der Waals surface area contributed by atoms with Crippen LogP contribution in [0.25, 0.3) is 0 Å². The van der Waals surface area contributed by atoms with Crippen LogP contribution >= 0.6 is 0 Å². The van der Waals surface area contributed by atoms with Gasteiger partial charge < -0.3 is 0 Å². The zero-order chi connectivity index (χ0) is 6.91. The standard InChI is InChI=1S/C7H12N2/c1-6(5-8)9-7(2)3-4-7/h6,9H,3-4H2,1-2H3. The van der Waals surface area contributed by atoms with E-state index in [2.05, 4.69) is 18.3 Å². The molecule has 0 aromatic heterocycles. The van der Waals surface area contributed by atoms with Crippen LogP contribution in [0.15, 0.2) is 0 Å². The van der Waals surface area contributed by atoms with Gasteiger partial charge in [0, 0.05) is 5.54 Å². The summed E-state index contributed by atoms with van der Waals surface area (Å²) in [7, 11) is 0. The Morgan fingerprint density at radius 1 is 1.67 bits per heavy atom. The molecule has 0 amide bonds. The zero-order valence-electron chi connectivity index (χ0n) is 5.94. The maximum absolute atomic E-state index is 8.41. The summed E-state index contributed by atoms with van der Waals surface area (Å²) in [5.41, 5.74) is 0.301. The molecule has 2 heteroatoms. The molecule has 1 atom stereocenters. The van der Waals surface area contributed by atoms with Gasteiger partial charge in [-0.05, 0) is 26.7 Å². The first kappa shape index (κ1) is 6.57. The maximum atomic E-state index is 8.41. The van der Waals surface area contributed by atoms with E-state index in [9.17, 15) is 0 Å². The number of hydrogen-bond donors (Lipinski definition) is 1. The van der Waals surface area contributed by atoms with E-state index in [1.807, 2.05) is 6.92 Å². The fourth-order valence-corrected chi connectivity index (χ4v) is 0.887. The molecule has 1 N–H and O–H groups in total. The predicted octanol–water partition coefficient (Wildman–Crippen LogP) is 1.04. The Bertz CT molecular complexity index is 141. The van der Waals surface area contributed by atoms with Crippen LogP contribution in [0, 0.1) is 11.3 Å². The third-order valence-electron chi connectivity index (χ3n) is 1.76. The van der Waals surface area contributed by atoms with E-state index in [1.54, 1.807) is 0 Å². The van der Waals surface area contributed by atoms with Crippen LogP contribution in [-0.4, -0.2) is 11.6 Å². The van der Waals surface area contributed by atoms with Crippen molar-refractivity contribution in [1.29, 1.82) is 5.26 Å². The highest BCUT2D eigenvalue weighted by Crippen LogP contribution is 2.34. The molecule has 1 unspecified atom stereocenters. The van der Waals surface area contributed by atoms with Gasteiger partial charge in [-0.25, -0.2) is 0 Å². The summed E-state index contributed by atoms with van der Waals surface area (Å²) >= 11 is 0. The second-order valence-electron chi connectivity index (χ2n) is 3.06. The van der Waals surface area contributed by atoms with E-state index >= 15 is 0 Å². The third-order valence-corrected chi connectivity index (χ3v) is 1.76. The molecule has 0 saturated heterocycles. The zero-order valence-corrected chi connectivity index (χ0v) is 5.94. The van der Waals surface area contributed by atoms with Crippen LogP contribution in [-0.2, 0) is 0 Å². The molecule has 1 rings (SSSR count). The van der Waals surface area contributed by atoms with Crippen molar-refractivity contribution in [2.24, 2.45) is 0 Å². The maximum Gasteiger partial charge on any atom is 0.0928 e. The lowest BCUT2D eigenvalue weighted by Gasteiger charge is -2.11. The summed E-state index contributed by atoms with van der Waals surface area (Å²) in [5, 5.41) is 11.6. The molecular formula is C7H12N2. The summed E-state index contributed by atoms with van der Waals surface area (Å²) in [5.74, 6) is 0. The fourth-order valence-electron chi connectivity index (χ4n) is 0.887. The molecule has 50 valence electrons. The summed E-state index contributed by atoms with van der Waals surface area (Å²) in [6.07, 6.45) is 2.44. The Morgan fingerprint density at radius 2 is 2.22 bits per heavy atom. The van der Waals surface area contributed by atoms with Crippen LogP contribution in [0.5, 0.6) is 0 Å². The minimum atomic E-state index is 0.0116. The van der Waals surface area contributed by atoms with Gasteiger partial charge in [0.2, 0.25) is 0 Å². The lowest BCUT2D eigenvalue weighted by atomic mass is 10.2. The van der Waals surface area contributed by atoms with Crippen LogP contribution in [0.3, 0.4) is 0 Å². The Kier molecular flexibility index (Phi) is 1.46. The molecule has 1 fully saturated rings. The normalized spacial score (nSPS) is 24.6. The van der Waals surface area contributed by atoms with Gasteiger partial charge >= 0.3 is 0 Å². The average molecular weight is 124 g/mol. The van der Waals surface area contributed by atoms with E-state index in [-0.39, 0.29) is 6.04 Å². The van der Waals surface area contributed by atoms with Crippen LogP contribution in [0.4, 0.5) is 0 Å². The van der Waals surface area contributed by atoms with Crippen LogP contribution in [0.1, 0.15) is 26.7 Å². The Balaban J connectivity index is 2.27. The molecule has 2 nitrogen and oxygen atoms in total. The minimum Gasteiger partial charge on any atom is -0.297 e. The summed E-state index contributed by atoms with van der Waals surface area (Å²) in [6.45, 7) is 4.05. The van der Waals surface area contributed by atoms with Crippen molar-refractivity contribution in [3.63, 3.8) is 0 Å². The molecule has 0 radical (unpaired) electrons. The monoisotopic (exact) mass is 124 g/mol. The average Bonchev–Trinajstić information content (AvgIpc) is 2.48. The largest absolute Gasteiger partial charge is 0.297 e. The van der Waals surface area contributed by atoms with Crippen molar-refractivity contribution in [3.8, 4) is 6.07 Å². The SMILES string of the molecule is CC(C#N)NC1(C)CC1. The van der Waals surface area contributed by atoms with Crippen molar-refractivity contribution >= 4 is 0 Å². The molecule has 0 aromatic carbocycles. The van der Waals surface area contributed by atoms with Gasteiger partial charge in [0.05, 0.1) is 12.1 Å². The van der Waals surface area contributed by atoms with E-state index in [1.165, 1.54) is 12.8 Å². The van der Waals surface area contributed by atoms with Crippen molar-refractivity contribution in [2.45, 2.75) is 38.3 Å². The molecule has 0 aliphatic heterocycles. The molecule has 1 aliphatic rings. The molecule has 9 heavy (non-hydrogen) atoms. The van der Waals surface area contributed by atoms with Gasteiger partial charge in [-0.15, -0.1) is 0 Å². The van der Waals surface area contributed by atoms with Gasteiger partial charge in [0.25, 0.3) is 0 Å². The number of rotatable bonds is 2. The highest BCUT2D eigenvalue weighted by atomic mass is 15.0. The molecule has 1 aliphatic carbocycles. The highest BCUT2D eigenvalue weighted by molar-refractivity contribution is 5.02. The van der Waals surface area contributed by atoms with Crippen molar-refractivity contribution in [2.75, 3.05) is 0 Å². The smallest absolute Gasteiger partial charge is 0.0928 e. The Morgan fingerprint density at radius 3 is 2.56 bits per heavy atom. The topological polar surface area (TPSA) is 35.8 Å². The quantitative estimate of drug-likeness (QED) is 0.597. The van der Waals surface area contributed by atoms with Crippen molar-refractivity contribution < 1.29 is 0 Å². The highest BCUT2D eigenvalue weighted by Gasteiger charge is 2.37. The van der Waals surface area contributed by atoms with Crippen molar-refractivity contribution in [3.05, 3.63) is 0 Å². The molecular weight excluding hydrogens is 112 g/mol.